The first kappa shape index (κ1) is 21.2. The molecule has 0 atom stereocenters. The fourth-order valence-corrected chi connectivity index (χ4v) is 4.26. The van der Waals surface area contributed by atoms with Crippen LogP contribution in [0.1, 0.15) is 11.4 Å². The number of rotatable bonds is 5. The Labute approximate surface area is 190 Å². The Morgan fingerprint density at radius 3 is 2.52 bits per heavy atom. The number of aryl methyl sites for hydroxylation is 2. The molecule has 0 spiro atoms. The van der Waals surface area contributed by atoms with Gasteiger partial charge in [0, 0.05) is 49.9 Å². The molecule has 1 saturated heterocycles. The van der Waals surface area contributed by atoms with Crippen molar-refractivity contribution in [3.63, 3.8) is 0 Å². The Morgan fingerprint density at radius 2 is 1.76 bits per heavy atom. The first-order valence-corrected chi connectivity index (χ1v) is 11.0. The van der Waals surface area contributed by atoms with Crippen LogP contribution in [0.3, 0.4) is 0 Å². The van der Waals surface area contributed by atoms with Gasteiger partial charge in [-0.3, -0.25) is 9.69 Å². The van der Waals surface area contributed by atoms with Gasteiger partial charge in [0.25, 0.3) is 5.56 Å². The predicted octanol–water partition coefficient (Wildman–Crippen LogP) is 1.95. The summed E-state index contributed by atoms with van der Waals surface area (Å²) in [7, 11) is 0. The molecule has 10 heteroatoms. The van der Waals surface area contributed by atoms with E-state index in [1.807, 2.05) is 19.9 Å². The molecule has 1 fully saturated rings. The summed E-state index contributed by atoms with van der Waals surface area (Å²) in [5.74, 6) is 1.10. The van der Waals surface area contributed by atoms with Crippen molar-refractivity contribution in [3.8, 4) is 5.82 Å². The zero-order chi connectivity index (χ0) is 22.9. The minimum atomic E-state index is -0.294. The molecule has 4 heterocycles. The highest BCUT2D eigenvalue weighted by Crippen LogP contribution is 2.24. The van der Waals surface area contributed by atoms with Gasteiger partial charge in [-0.2, -0.15) is 5.10 Å². The minimum absolute atomic E-state index is 0.131. The third kappa shape index (κ3) is 4.34. The van der Waals surface area contributed by atoms with E-state index in [2.05, 4.69) is 30.0 Å². The maximum atomic E-state index is 13.8. The molecule has 1 aliphatic heterocycles. The summed E-state index contributed by atoms with van der Waals surface area (Å²) in [6, 6.07) is 9.80. The smallest absolute Gasteiger partial charge is 0.266 e. The first-order chi connectivity index (χ1) is 16.0. The molecule has 3 aromatic heterocycles. The van der Waals surface area contributed by atoms with Crippen molar-refractivity contribution in [1.29, 1.82) is 0 Å². The Morgan fingerprint density at radius 1 is 0.939 bits per heavy atom. The van der Waals surface area contributed by atoms with Crippen LogP contribution < -0.4 is 10.5 Å². The lowest BCUT2D eigenvalue weighted by Gasteiger charge is -2.35. The molecule has 4 aromatic rings. The van der Waals surface area contributed by atoms with Crippen LogP contribution in [0, 0.1) is 19.7 Å². The molecular weight excluding hydrogens is 423 g/mol. The van der Waals surface area contributed by atoms with Crippen molar-refractivity contribution in [1.82, 2.24) is 34.4 Å². The summed E-state index contributed by atoms with van der Waals surface area (Å²) in [6.45, 7) is 8.24. The second kappa shape index (κ2) is 8.70. The van der Waals surface area contributed by atoms with E-state index < -0.39 is 0 Å². The third-order valence-corrected chi connectivity index (χ3v) is 5.96. The number of hydrogen-bond donors (Lipinski definition) is 0. The Balaban J connectivity index is 1.25. The van der Waals surface area contributed by atoms with E-state index in [0.29, 0.717) is 18.9 Å². The van der Waals surface area contributed by atoms with Crippen LogP contribution in [0.5, 0.6) is 0 Å². The minimum Gasteiger partial charge on any atom is -0.353 e. The van der Waals surface area contributed by atoms with Gasteiger partial charge >= 0.3 is 0 Å². The molecule has 0 bridgehead atoms. The van der Waals surface area contributed by atoms with Gasteiger partial charge in [-0.1, -0.05) is 0 Å². The number of aromatic nitrogens is 6. The van der Waals surface area contributed by atoms with Crippen molar-refractivity contribution in [3.05, 3.63) is 70.3 Å². The molecule has 0 amide bonds. The monoisotopic (exact) mass is 448 g/mol. The van der Waals surface area contributed by atoms with Crippen molar-refractivity contribution < 1.29 is 4.39 Å². The lowest BCUT2D eigenvalue weighted by Crippen LogP contribution is -2.48. The van der Waals surface area contributed by atoms with Crippen molar-refractivity contribution in [2.24, 2.45) is 0 Å². The van der Waals surface area contributed by atoms with Crippen LogP contribution in [0.4, 0.5) is 10.2 Å². The Hall–Kier alpha value is -3.66. The zero-order valence-electron chi connectivity index (χ0n) is 18.6. The van der Waals surface area contributed by atoms with Gasteiger partial charge in [-0.15, -0.1) is 5.10 Å². The highest BCUT2D eigenvalue weighted by molar-refractivity contribution is 5.89. The fraction of sp³-hybridized carbons (Fsp3) is 0.348. The number of piperazine rings is 1. The number of nitrogens with zero attached hydrogens (tertiary/aromatic N) is 8. The van der Waals surface area contributed by atoms with Crippen LogP contribution in [0.15, 0.2) is 47.5 Å². The SMILES string of the molecule is Cc1cc(C)n(-c2ccc(=O)n(CCN3CCN(c4ncnc5ccc(F)cc45)CC3)n2)n1. The van der Waals surface area contributed by atoms with Crippen LogP contribution in [0.25, 0.3) is 16.7 Å². The average Bonchev–Trinajstić information content (AvgIpc) is 3.16. The van der Waals surface area contributed by atoms with Gasteiger partial charge in [-0.05, 0) is 44.2 Å². The van der Waals surface area contributed by atoms with E-state index in [-0.39, 0.29) is 11.4 Å². The van der Waals surface area contributed by atoms with Gasteiger partial charge in [0.2, 0.25) is 0 Å². The molecule has 0 saturated carbocycles. The van der Waals surface area contributed by atoms with Gasteiger partial charge in [-0.25, -0.2) is 23.7 Å². The van der Waals surface area contributed by atoms with Gasteiger partial charge < -0.3 is 4.90 Å². The topological polar surface area (TPSA) is 85.0 Å². The lowest BCUT2D eigenvalue weighted by atomic mass is 10.2. The number of benzene rings is 1. The fourth-order valence-electron chi connectivity index (χ4n) is 4.26. The summed E-state index contributed by atoms with van der Waals surface area (Å²) in [6.07, 6.45) is 1.52. The van der Waals surface area contributed by atoms with Crippen molar-refractivity contribution >= 4 is 16.7 Å². The van der Waals surface area contributed by atoms with E-state index in [1.165, 1.54) is 29.2 Å². The van der Waals surface area contributed by atoms with Crippen LogP contribution in [-0.2, 0) is 6.54 Å². The van der Waals surface area contributed by atoms with Gasteiger partial charge in [0.15, 0.2) is 5.82 Å². The second-order valence-corrected chi connectivity index (χ2v) is 8.28. The quantitative estimate of drug-likeness (QED) is 0.461. The number of fused-ring (bicyclic) bond motifs is 1. The highest BCUT2D eigenvalue weighted by atomic mass is 19.1. The number of hydrogen-bond acceptors (Lipinski definition) is 7. The Kier molecular flexibility index (Phi) is 5.59. The molecule has 5 rings (SSSR count). The molecular formula is C23H25FN8O. The van der Waals surface area contributed by atoms with Crippen LogP contribution in [0.2, 0.25) is 0 Å². The summed E-state index contributed by atoms with van der Waals surface area (Å²) in [5.41, 5.74) is 2.48. The van der Waals surface area contributed by atoms with E-state index in [4.69, 9.17) is 0 Å². The average molecular weight is 449 g/mol. The molecule has 0 radical (unpaired) electrons. The zero-order valence-corrected chi connectivity index (χ0v) is 18.6. The van der Waals surface area contributed by atoms with Crippen molar-refractivity contribution in [2.75, 3.05) is 37.6 Å². The van der Waals surface area contributed by atoms with Gasteiger partial charge in [0.05, 0.1) is 17.8 Å². The number of anilines is 1. The van der Waals surface area contributed by atoms with E-state index in [9.17, 15) is 9.18 Å². The molecule has 170 valence electrons. The maximum absolute atomic E-state index is 13.8. The lowest BCUT2D eigenvalue weighted by molar-refractivity contribution is 0.242. The molecule has 0 aliphatic carbocycles. The summed E-state index contributed by atoms with van der Waals surface area (Å²) in [4.78, 5) is 25.5. The molecule has 9 nitrogen and oxygen atoms in total. The highest BCUT2D eigenvalue weighted by Gasteiger charge is 2.20. The summed E-state index contributed by atoms with van der Waals surface area (Å²) in [5, 5.41) is 9.70. The Bertz CT molecular complexity index is 1360. The summed E-state index contributed by atoms with van der Waals surface area (Å²) >= 11 is 0. The molecule has 1 aromatic carbocycles. The van der Waals surface area contributed by atoms with E-state index in [0.717, 1.165) is 54.3 Å². The van der Waals surface area contributed by atoms with Crippen LogP contribution in [-0.4, -0.2) is 67.2 Å². The third-order valence-electron chi connectivity index (χ3n) is 5.96. The van der Waals surface area contributed by atoms with Gasteiger partial charge in [0.1, 0.15) is 18.0 Å². The molecule has 1 aliphatic rings. The molecule has 0 unspecified atom stereocenters. The van der Waals surface area contributed by atoms with E-state index >= 15 is 0 Å². The van der Waals surface area contributed by atoms with E-state index in [1.54, 1.807) is 16.8 Å². The molecule has 0 N–H and O–H groups in total. The maximum Gasteiger partial charge on any atom is 0.266 e. The summed E-state index contributed by atoms with van der Waals surface area (Å²) < 4.78 is 17.0. The second-order valence-electron chi connectivity index (χ2n) is 8.28. The van der Waals surface area contributed by atoms with Crippen LogP contribution >= 0.6 is 0 Å². The predicted molar refractivity (Wildman–Crippen MR) is 123 cm³/mol. The standard InChI is InChI=1S/C23H25FN8O/c1-16-13-17(2)32(27-16)21-5-6-22(33)31(28-21)12-9-29-7-10-30(11-8-29)23-19-14-18(24)3-4-20(19)25-15-26-23/h3-6,13-15H,7-12H2,1-2H3. The number of halogens is 1. The first-order valence-electron chi connectivity index (χ1n) is 11.0. The largest absolute Gasteiger partial charge is 0.353 e. The van der Waals surface area contributed by atoms with Crippen molar-refractivity contribution in [2.45, 2.75) is 20.4 Å². The molecule has 33 heavy (non-hydrogen) atoms. The normalized spacial score (nSPS) is 14.8.